The van der Waals surface area contributed by atoms with E-state index in [1.807, 2.05) is 18.2 Å². The lowest BCUT2D eigenvalue weighted by Gasteiger charge is -2.11. The Morgan fingerprint density at radius 1 is 1.09 bits per heavy atom. The molecule has 0 fully saturated rings. The van der Waals surface area contributed by atoms with Gasteiger partial charge < -0.3 is 21.1 Å². The fourth-order valence-electron chi connectivity index (χ4n) is 3.47. The fraction of sp³-hybridized carbons (Fsp3) is 0.130. The van der Waals surface area contributed by atoms with Crippen LogP contribution in [0.1, 0.15) is 0 Å². The predicted molar refractivity (Wildman–Crippen MR) is 138 cm³/mol. The second-order valence-corrected chi connectivity index (χ2v) is 9.92. The standard InChI is InChI=1S/C23H23ClN6O4S/c1-35(32,33)26-11-12-34-19-10-9-18(20-21(19)29-30-22(20)25)14-5-7-16(8-6-14)27-23(31)28-17-4-2-3-15(24)13-17/h2-10,13,26H,11-12H2,1H3,(H3,25,29,30)(H2,27,28,31). The van der Waals surface area contributed by atoms with Crippen molar-refractivity contribution in [3.05, 3.63) is 65.7 Å². The molecule has 0 bridgehead atoms. The average molecular weight is 515 g/mol. The molecule has 12 heteroatoms. The van der Waals surface area contributed by atoms with Crippen molar-refractivity contribution in [2.75, 3.05) is 35.8 Å². The van der Waals surface area contributed by atoms with Crippen molar-refractivity contribution in [2.45, 2.75) is 0 Å². The summed E-state index contributed by atoms with van der Waals surface area (Å²) in [5, 5.41) is 13.7. The van der Waals surface area contributed by atoms with Crippen LogP contribution in [0.25, 0.3) is 22.0 Å². The van der Waals surface area contributed by atoms with Gasteiger partial charge in [-0.15, -0.1) is 0 Å². The highest BCUT2D eigenvalue weighted by atomic mass is 35.5. The number of ether oxygens (including phenoxy) is 1. The van der Waals surface area contributed by atoms with Crippen molar-refractivity contribution in [1.82, 2.24) is 14.9 Å². The zero-order valence-electron chi connectivity index (χ0n) is 18.6. The number of fused-ring (bicyclic) bond motifs is 1. The highest BCUT2D eigenvalue weighted by molar-refractivity contribution is 7.88. The number of carbonyl (C=O) groups excluding carboxylic acids is 1. The van der Waals surface area contributed by atoms with E-state index in [9.17, 15) is 13.2 Å². The van der Waals surface area contributed by atoms with Gasteiger partial charge in [0, 0.05) is 22.9 Å². The van der Waals surface area contributed by atoms with Crippen LogP contribution in [-0.4, -0.2) is 44.1 Å². The highest BCUT2D eigenvalue weighted by Gasteiger charge is 2.15. The number of urea groups is 1. The van der Waals surface area contributed by atoms with E-state index >= 15 is 0 Å². The first-order valence-corrected chi connectivity index (χ1v) is 12.7. The molecule has 0 atom stereocenters. The van der Waals surface area contributed by atoms with Crippen molar-refractivity contribution in [1.29, 1.82) is 0 Å². The number of halogens is 1. The Morgan fingerprint density at radius 3 is 2.54 bits per heavy atom. The van der Waals surface area contributed by atoms with Crippen molar-refractivity contribution in [2.24, 2.45) is 0 Å². The van der Waals surface area contributed by atoms with Gasteiger partial charge in [-0.05, 0) is 53.6 Å². The lowest BCUT2D eigenvalue weighted by molar-refractivity contribution is 0.262. The molecule has 35 heavy (non-hydrogen) atoms. The van der Waals surface area contributed by atoms with Crippen LogP contribution in [0.15, 0.2) is 60.7 Å². The number of hydrogen-bond acceptors (Lipinski definition) is 6. The van der Waals surface area contributed by atoms with E-state index < -0.39 is 16.1 Å². The highest BCUT2D eigenvalue weighted by Crippen LogP contribution is 2.36. The van der Waals surface area contributed by atoms with E-state index in [4.69, 9.17) is 22.1 Å². The molecule has 1 heterocycles. The quantitative estimate of drug-likeness (QED) is 0.224. The number of aromatic nitrogens is 2. The van der Waals surface area contributed by atoms with Crippen LogP contribution in [0.2, 0.25) is 5.02 Å². The molecule has 10 nitrogen and oxygen atoms in total. The Balaban J connectivity index is 1.48. The molecular weight excluding hydrogens is 492 g/mol. The summed E-state index contributed by atoms with van der Waals surface area (Å²) in [7, 11) is -3.29. The minimum absolute atomic E-state index is 0.130. The van der Waals surface area contributed by atoms with Crippen LogP contribution in [0.5, 0.6) is 5.75 Å². The summed E-state index contributed by atoms with van der Waals surface area (Å²) in [5.74, 6) is 0.803. The van der Waals surface area contributed by atoms with Crippen molar-refractivity contribution in [3.8, 4) is 16.9 Å². The number of aromatic amines is 1. The zero-order chi connectivity index (χ0) is 25.0. The number of nitrogens with zero attached hydrogens (tertiary/aromatic N) is 1. The monoisotopic (exact) mass is 514 g/mol. The van der Waals surface area contributed by atoms with Gasteiger partial charge >= 0.3 is 6.03 Å². The van der Waals surface area contributed by atoms with Crippen LogP contribution in [0, 0.1) is 0 Å². The number of nitrogen functional groups attached to an aromatic ring is 1. The summed E-state index contributed by atoms with van der Waals surface area (Å²) >= 11 is 5.95. The fourth-order valence-corrected chi connectivity index (χ4v) is 4.12. The van der Waals surface area contributed by atoms with E-state index in [1.165, 1.54) is 0 Å². The molecule has 1 aromatic heterocycles. The number of amides is 2. The molecule has 0 unspecified atom stereocenters. The SMILES string of the molecule is CS(=O)(=O)NCCOc1ccc(-c2ccc(NC(=O)Nc3cccc(Cl)c3)cc2)c2c(N)n[nH]c12. The molecule has 0 saturated carbocycles. The van der Waals surface area contributed by atoms with E-state index in [-0.39, 0.29) is 13.2 Å². The van der Waals surface area contributed by atoms with Gasteiger partial charge in [-0.1, -0.05) is 29.8 Å². The van der Waals surface area contributed by atoms with Gasteiger partial charge in [0.25, 0.3) is 0 Å². The Labute approximate surface area is 206 Å². The van der Waals surface area contributed by atoms with Crippen LogP contribution in [0.4, 0.5) is 22.0 Å². The molecule has 0 spiro atoms. The Morgan fingerprint density at radius 2 is 1.83 bits per heavy atom. The van der Waals surface area contributed by atoms with Gasteiger partial charge in [-0.25, -0.2) is 17.9 Å². The molecule has 3 aromatic carbocycles. The number of nitrogens with two attached hydrogens (primary N) is 1. The first-order valence-electron chi connectivity index (χ1n) is 10.5. The first kappa shape index (κ1) is 24.3. The third kappa shape index (κ3) is 6.21. The Hall–Kier alpha value is -3.80. The summed E-state index contributed by atoms with van der Waals surface area (Å²) in [6.07, 6.45) is 1.09. The van der Waals surface area contributed by atoms with Gasteiger partial charge in [0.05, 0.1) is 11.6 Å². The first-order chi connectivity index (χ1) is 16.7. The number of hydrogen-bond donors (Lipinski definition) is 5. The third-order valence-corrected chi connectivity index (χ3v) is 5.94. The number of rotatable bonds is 8. The number of sulfonamides is 1. The molecule has 182 valence electrons. The number of anilines is 3. The van der Waals surface area contributed by atoms with Gasteiger partial charge in [0.15, 0.2) is 5.82 Å². The van der Waals surface area contributed by atoms with Gasteiger partial charge in [-0.2, -0.15) is 5.10 Å². The maximum absolute atomic E-state index is 12.3. The molecule has 0 aliphatic carbocycles. The lowest BCUT2D eigenvalue weighted by atomic mass is 10.0. The smallest absolute Gasteiger partial charge is 0.323 e. The second-order valence-electron chi connectivity index (χ2n) is 7.65. The average Bonchev–Trinajstić information content (AvgIpc) is 3.19. The zero-order valence-corrected chi connectivity index (χ0v) is 20.2. The normalized spacial score (nSPS) is 11.4. The van der Waals surface area contributed by atoms with E-state index in [0.29, 0.717) is 38.9 Å². The minimum Gasteiger partial charge on any atom is -0.490 e. The summed E-state index contributed by atoms with van der Waals surface area (Å²) < 4.78 is 30.5. The molecule has 0 aliphatic heterocycles. The summed E-state index contributed by atoms with van der Waals surface area (Å²) in [4.78, 5) is 12.3. The Kier molecular flexibility index (Phi) is 7.10. The summed E-state index contributed by atoms with van der Waals surface area (Å²) in [6.45, 7) is 0.267. The number of carbonyl (C=O) groups is 1. The molecule has 4 rings (SSSR count). The molecule has 0 radical (unpaired) electrons. The topological polar surface area (TPSA) is 151 Å². The summed E-state index contributed by atoms with van der Waals surface area (Å²) in [6, 6.07) is 17.3. The number of benzene rings is 3. The largest absolute Gasteiger partial charge is 0.490 e. The molecule has 0 saturated heterocycles. The minimum atomic E-state index is -3.29. The molecule has 6 N–H and O–H groups in total. The Bertz CT molecular complexity index is 1470. The third-order valence-electron chi connectivity index (χ3n) is 4.97. The van der Waals surface area contributed by atoms with Gasteiger partial charge in [0.1, 0.15) is 17.9 Å². The molecule has 2 amide bonds. The van der Waals surface area contributed by atoms with Crippen LogP contribution in [-0.2, 0) is 10.0 Å². The van der Waals surface area contributed by atoms with E-state index in [2.05, 4.69) is 25.6 Å². The summed E-state index contributed by atoms with van der Waals surface area (Å²) in [5.41, 5.74) is 9.57. The number of nitrogens with one attached hydrogen (secondary N) is 4. The molecular formula is C23H23ClN6O4S. The van der Waals surface area contributed by atoms with Crippen LogP contribution >= 0.6 is 11.6 Å². The van der Waals surface area contributed by atoms with E-state index in [1.54, 1.807) is 42.5 Å². The lowest BCUT2D eigenvalue weighted by Crippen LogP contribution is -2.26. The second kappa shape index (κ2) is 10.2. The maximum Gasteiger partial charge on any atom is 0.323 e. The van der Waals surface area contributed by atoms with Crippen LogP contribution in [0.3, 0.4) is 0 Å². The van der Waals surface area contributed by atoms with Crippen molar-refractivity contribution < 1.29 is 17.9 Å². The molecule has 0 aliphatic rings. The maximum atomic E-state index is 12.3. The van der Waals surface area contributed by atoms with Crippen molar-refractivity contribution >= 4 is 55.8 Å². The van der Waals surface area contributed by atoms with E-state index in [0.717, 1.165) is 17.4 Å². The number of H-pyrrole nitrogens is 1. The van der Waals surface area contributed by atoms with Gasteiger partial charge in [0.2, 0.25) is 10.0 Å². The molecule has 4 aromatic rings. The van der Waals surface area contributed by atoms with Crippen molar-refractivity contribution in [3.63, 3.8) is 0 Å². The van der Waals surface area contributed by atoms with Gasteiger partial charge in [-0.3, -0.25) is 5.10 Å². The predicted octanol–water partition coefficient (Wildman–Crippen LogP) is 4.04. The van der Waals surface area contributed by atoms with Crippen LogP contribution < -0.4 is 25.8 Å².